The van der Waals surface area contributed by atoms with Gasteiger partial charge in [0.25, 0.3) is 0 Å². The number of piperazine rings is 1. The average Bonchev–Trinajstić information content (AvgIpc) is 2.95. The summed E-state index contributed by atoms with van der Waals surface area (Å²) in [4.78, 5) is 48.2. The minimum atomic E-state index is -0.963. The van der Waals surface area contributed by atoms with Crippen LogP contribution >= 0.6 is 11.8 Å². The molecule has 37 heavy (non-hydrogen) atoms. The Bertz CT molecular complexity index is 1250. The Morgan fingerprint density at radius 3 is 2.38 bits per heavy atom. The highest BCUT2D eigenvalue weighted by Crippen LogP contribution is 2.32. The Kier molecular flexibility index (Phi) is 7.95. The number of benzene rings is 1. The van der Waals surface area contributed by atoms with Crippen molar-refractivity contribution in [2.75, 3.05) is 62.3 Å². The van der Waals surface area contributed by atoms with E-state index in [0.717, 1.165) is 27.6 Å². The predicted octanol–water partition coefficient (Wildman–Crippen LogP) is 2.06. The van der Waals surface area contributed by atoms with Crippen molar-refractivity contribution in [2.24, 2.45) is 0 Å². The lowest BCUT2D eigenvalue weighted by Crippen LogP contribution is -2.49. The quantitative estimate of drug-likeness (QED) is 0.344. The van der Waals surface area contributed by atoms with Gasteiger partial charge >= 0.3 is 5.97 Å². The number of hydrogen-bond donors (Lipinski definition) is 1. The summed E-state index contributed by atoms with van der Waals surface area (Å²) in [6.07, 6.45) is 1.44. The second-order valence-electron chi connectivity index (χ2n) is 8.86. The fourth-order valence-corrected chi connectivity index (χ4v) is 5.29. The molecule has 194 valence electrons. The molecule has 0 unspecified atom stereocenters. The predicted molar refractivity (Wildman–Crippen MR) is 140 cm³/mol. The first-order valence-electron chi connectivity index (χ1n) is 12.3. The van der Waals surface area contributed by atoms with Crippen LogP contribution in [0.1, 0.15) is 18.4 Å². The number of hydrogen-bond acceptors (Lipinski definition) is 10. The van der Waals surface area contributed by atoms with Gasteiger partial charge in [-0.2, -0.15) is 4.98 Å². The monoisotopic (exact) mass is 523 g/mol. The molecule has 3 aromatic rings. The van der Waals surface area contributed by atoms with Gasteiger partial charge in [-0.15, -0.1) is 0 Å². The first-order chi connectivity index (χ1) is 18.1. The molecule has 0 saturated carbocycles. The summed E-state index contributed by atoms with van der Waals surface area (Å²) in [5, 5.41) is 9.68. The van der Waals surface area contributed by atoms with E-state index in [-0.39, 0.29) is 18.7 Å². The van der Waals surface area contributed by atoms with E-state index in [1.54, 1.807) is 23.0 Å². The minimum Gasteiger partial charge on any atom is -0.481 e. The van der Waals surface area contributed by atoms with Gasteiger partial charge in [-0.25, -0.2) is 15.0 Å². The largest absolute Gasteiger partial charge is 0.481 e. The molecule has 2 aliphatic heterocycles. The zero-order valence-electron chi connectivity index (χ0n) is 20.5. The van der Waals surface area contributed by atoms with Gasteiger partial charge in [0, 0.05) is 51.4 Å². The normalized spacial score (nSPS) is 16.3. The molecule has 5 rings (SSSR count). The van der Waals surface area contributed by atoms with Gasteiger partial charge in [-0.05, 0) is 5.56 Å². The second kappa shape index (κ2) is 11.7. The van der Waals surface area contributed by atoms with E-state index in [1.165, 1.54) is 5.56 Å². The number of carbonyl (C=O) groups excluding carboxylic acids is 1. The van der Waals surface area contributed by atoms with Crippen LogP contribution in [0.25, 0.3) is 11.0 Å². The van der Waals surface area contributed by atoms with Crippen LogP contribution in [-0.4, -0.2) is 94.3 Å². The van der Waals surface area contributed by atoms with Crippen LogP contribution in [0.2, 0.25) is 0 Å². The van der Waals surface area contributed by atoms with Crippen molar-refractivity contribution in [3.63, 3.8) is 0 Å². The maximum Gasteiger partial charge on any atom is 0.303 e. The minimum absolute atomic E-state index is 0.0162. The van der Waals surface area contributed by atoms with Gasteiger partial charge in [0.15, 0.2) is 5.82 Å². The number of rotatable bonds is 8. The van der Waals surface area contributed by atoms with Crippen molar-refractivity contribution >= 4 is 46.4 Å². The van der Waals surface area contributed by atoms with Crippen molar-refractivity contribution in [2.45, 2.75) is 23.6 Å². The van der Waals surface area contributed by atoms with Crippen LogP contribution in [0.5, 0.6) is 0 Å². The number of carboxylic acid groups (broad SMARTS) is 1. The van der Waals surface area contributed by atoms with Crippen LogP contribution in [-0.2, 0) is 20.1 Å². The molecule has 2 fully saturated rings. The molecule has 1 aromatic carbocycles. The van der Waals surface area contributed by atoms with Gasteiger partial charge in [-0.3, -0.25) is 9.59 Å². The van der Waals surface area contributed by atoms with Crippen molar-refractivity contribution in [1.82, 2.24) is 24.8 Å². The molecule has 1 N–H and O–H groups in total. The highest BCUT2D eigenvalue weighted by Gasteiger charge is 2.26. The van der Waals surface area contributed by atoms with Gasteiger partial charge in [-0.1, -0.05) is 42.1 Å². The number of amides is 1. The fourth-order valence-electron chi connectivity index (χ4n) is 4.40. The highest BCUT2D eigenvalue weighted by molar-refractivity contribution is 7.98. The maximum atomic E-state index is 12.4. The number of carboxylic acids is 1. The molecular formula is C25H29N7O4S. The van der Waals surface area contributed by atoms with Crippen LogP contribution in [0.3, 0.4) is 0 Å². The number of thioether (sulfide) groups is 1. The van der Waals surface area contributed by atoms with E-state index < -0.39 is 5.97 Å². The van der Waals surface area contributed by atoms with Gasteiger partial charge < -0.3 is 24.5 Å². The van der Waals surface area contributed by atoms with Gasteiger partial charge in [0.1, 0.15) is 22.4 Å². The molecular weight excluding hydrogens is 494 g/mol. The maximum absolute atomic E-state index is 12.4. The Morgan fingerprint density at radius 2 is 1.65 bits per heavy atom. The smallest absolute Gasteiger partial charge is 0.303 e. The first-order valence-corrected chi connectivity index (χ1v) is 13.3. The van der Waals surface area contributed by atoms with Gasteiger partial charge in [0.05, 0.1) is 19.6 Å². The van der Waals surface area contributed by atoms with Crippen LogP contribution in [0, 0.1) is 0 Å². The van der Waals surface area contributed by atoms with Gasteiger partial charge in [0.2, 0.25) is 11.9 Å². The number of carbonyl (C=O) groups is 2. The third-order valence-corrected chi connectivity index (χ3v) is 7.47. The third-order valence-electron chi connectivity index (χ3n) is 6.42. The number of morpholine rings is 1. The molecule has 0 atom stereocenters. The fraction of sp³-hybridized carbons (Fsp3) is 0.440. The van der Waals surface area contributed by atoms with E-state index in [9.17, 15) is 9.59 Å². The van der Waals surface area contributed by atoms with Crippen molar-refractivity contribution in [3.05, 3.63) is 42.2 Å². The van der Waals surface area contributed by atoms with Crippen molar-refractivity contribution < 1.29 is 19.4 Å². The van der Waals surface area contributed by atoms with E-state index in [0.29, 0.717) is 58.4 Å². The van der Waals surface area contributed by atoms with Crippen molar-refractivity contribution in [1.29, 1.82) is 0 Å². The number of aliphatic carboxylic acids is 1. The molecule has 0 aliphatic carbocycles. The first kappa shape index (κ1) is 25.2. The Morgan fingerprint density at radius 1 is 0.892 bits per heavy atom. The molecule has 11 nitrogen and oxygen atoms in total. The zero-order chi connectivity index (χ0) is 25.6. The number of fused-ring (bicyclic) bond motifs is 1. The summed E-state index contributed by atoms with van der Waals surface area (Å²) >= 11 is 1.62. The van der Waals surface area contributed by atoms with Crippen LogP contribution in [0.15, 0.2) is 41.7 Å². The summed E-state index contributed by atoms with van der Waals surface area (Å²) in [6.45, 7) is 4.79. The molecule has 12 heteroatoms. The summed E-state index contributed by atoms with van der Waals surface area (Å²) in [6, 6.07) is 10.2. The third kappa shape index (κ3) is 6.08. The Labute approximate surface area is 218 Å². The number of nitrogens with zero attached hydrogens (tertiary/aromatic N) is 7. The lowest BCUT2D eigenvalue weighted by molar-refractivity contribution is -0.141. The highest BCUT2D eigenvalue weighted by atomic mass is 32.2. The molecule has 2 saturated heterocycles. The average molecular weight is 524 g/mol. The lowest BCUT2D eigenvalue weighted by atomic mass is 10.2. The Hall–Kier alpha value is -3.51. The number of anilines is 2. The molecule has 2 aromatic heterocycles. The molecule has 0 bridgehead atoms. The summed E-state index contributed by atoms with van der Waals surface area (Å²) in [5.41, 5.74) is 2.64. The molecule has 2 aliphatic rings. The topological polar surface area (TPSA) is 125 Å². The Balaban J connectivity index is 1.41. The zero-order valence-corrected chi connectivity index (χ0v) is 21.3. The van der Waals surface area contributed by atoms with E-state index in [4.69, 9.17) is 19.8 Å². The lowest BCUT2D eigenvalue weighted by Gasteiger charge is -2.35. The van der Waals surface area contributed by atoms with E-state index in [2.05, 4.69) is 31.9 Å². The number of ether oxygens (including phenoxy) is 1. The molecule has 4 heterocycles. The SMILES string of the molecule is O=C(O)CCC(=O)N1CCN(c2nc(N3CCOCC3)c3ncnc(SCc4ccccc4)c3n2)CC1. The van der Waals surface area contributed by atoms with Crippen LogP contribution in [0.4, 0.5) is 11.8 Å². The summed E-state index contributed by atoms with van der Waals surface area (Å²) in [7, 11) is 0. The summed E-state index contributed by atoms with van der Waals surface area (Å²) in [5.74, 6) is 1.02. The molecule has 0 radical (unpaired) electrons. The second-order valence-corrected chi connectivity index (χ2v) is 9.82. The molecule has 0 spiro atoms. The van der Waals surface area contributed by atoms with E-state index in [1.807, 2.05) is 18.2 Å². The standard InChI is InChI=1S/C25H29N7O4S/c33-19(6-7-20(34)35)30-8-10-32(11-9-30)25-28-22-21(23(29-25)31-12-14-36-15-13-31)26-17-27-24(22)37-16-18-4-2-1-3-5-18/h1-5,17H,6-16H2,(H,34,35). The number of aromatic nitrogens is 4. The van der Waals surface area contributed by atoms with Crippen molar-refractivity contribution in [3.8, 4) is 0 Å². The van der Waals surface area contributed by atoms with E-state index >= 15 is 0 Å². The molecule has 1 amide bonds. The summed E-state index contributed by atoms with van der Waals surface area (Å²) < 4.78 is 5.55. The van der Waals surface area contributed by atoms with Crippen LogP contribution < -0.4 is 9.80 Å².